The average molecular weight is 359 g/mol. The van der Waals surface area contributed by atoms with E-state index in [1.807, 2.05) is 0 Å². The Bertz CT molecular complexity index is 1140. The lowest BCUT2D eigenvalue weighted by molar-refractivity contribution is 1.17. The predicted octanol–water partition coefficient (Wildman–Crippen LogP) is 6.60. The molecular formula is C27H21N. The Kier molecular flexibility index (Phi) is 3.28. The van der Waals surface area contributed by atoms with Crippen molar-refractivity contribution in [3.63, 3.8) is 0 Å². The third-order valence-corrected chi connectivity index (χ3v) is 6.33. The van der Waals surface area contributed by atoms with Crippen LogP contribution in [-0.4, -0.2) is 7.05 Å². The maximum absolute atomic E-state index is 2.36. The van der Waals surface area contributed by atoms with Crippen molar-refractivity contribution >= 4 is 11.4 Å². The number of anilines is 2. The van der Waals surface area contributed by atoms with Gasteiger partial charge in [-0.2, -0.15) is 0 Å². The highest BCUT2D eigenvalue weighted by Gasteiger charge is 2.21. The summed E-state index contributed by atoms with van der Waals surface area (Å²) >= 11 is 0. The van der Waals surface area contributed by atoms with E-state index in [4.69, 9.17) is 0 Å². The second-order valence-electron chi connectivity index (χ2n) is 7.91. The van der Waals surface area contributed by atoms with Gasteiger partial charge in [0.15, 0.2) is 0 Å². The Morgan fingerprint density at radius 1 is 0.500 bits per heavy atom. The predicted molar refractivity (Wildman–Crippen MR) is 117 cm³/mol. The fraction of sp³-hybridized carbons (Fsp3) is 0.111. The van der Waals surface area contributed by atoms with E-state index in [0.29, 0.717) is 0 Å². The van der Waals surface area contributed by atoms with E-state index in [-0.39, 0.29) is 0 Å². The summed E-state index contributed by atoms with van der Waals surface area (Å²) in [7, 11) is 2.17. The molecule has 0 bridgehead atoms. The van der Waals surface area contributed by atoms with Gasteiger partial charge in [0.2, 0.25) is 0 Å². The fourth-order valence-electron chi connectivity index (χ4n) is 4.83. The van der Waals surface area contributed by atoms with E-state index in [0.717, 1.165) is 12.8 Å². The van der Waals surface area contributed by atoms with Gasteiger partial charge in [-0.1, -0.05) is 60.7 Å². The molecule has 4 aromatic carbocycles. The van der Waals surface area contributed by atoms with Gasteiger partial charge in [0, 0.05) is 18.4 Å². The van der Waals surface area contributed by atoms with Gasteiger partial charge in [0.1, 0.15) is 0 Å². The highest BCUT2D eigenvalue weighted by molar-refractivity contribution is 5.82. The highest BCUT2D eigenvalue weighted by atomic mass is 15.1. The van der Waals surface area contributed by atoms with Crippen LogP contribution in [0.2, 0.25) is 0 Å². The standard InChI is InChI=1S/C27H21N/c1-28(22-10-12-26-20(16-22)14-18-6-2-4-8-24(18)26)23-11-13-27-21(17-23)15-19-7-3-5-9-25(19)27/h2-13,16-17H,14-15H2,1H3. The molecule has 4 aromatic rings. The molecule has 2 aliphatic rings. The van der Waals surface area contributed by atoms with Crippen LogP contribution < -0.4 is 4.90 Å². The molecule has 0 N–H and O–H groups in total. The summed E-state index contributed by atoms with van der Waals surface area (Å²) in [4.78, 5) is 2.31. The van der Waals surface area contributed by atoms with Gasteiger partial charge in [-0.15, -0.1) is 0 Å². The summed E-state index contributed by atoms with van der Waals surface area (Å²) in [5.74, 6) is 0. The van der Waals surface area contributed by atoms with Crippen LogP contribution >= 0.6 is 0 Å². The highest BCUT2D eigenvalue weighted by Crippen LogP contribution is 2.41. The first-order valence-corrected chi connectivity index (χ1v) is 9.94. The third kappa shape index (κ3) is 2.26. The molecule has 0 aromatic heterocycles. The molecule has 0 amide bonds. The zero-order chi connectivity index (χ0) is 18.7. The van der Waals surface area contributed by atoms with E-state index in [1.165, 1.54) is 55.9 Å². The summed E-state index contributed by atoms with van der Waals surface area (Å²) in [5, 5.41) is 0. The number of nitrogens with zero attached hydrogens (tertiary/aromatic N) is 1. The smallest absolute Gasteiger partial charge is 0.0411 e. The molecule has 0 radical (unpaired) electrons. The van der Waals surface area contributed by atoms with Gasteiger partial charge in [-0.3, -0.25) is 0 Å². The third-order valence-electron chi connectivity index (χ3n) is 6.33. The minimum atomic E-state index is 1.03. The van der Waals surface area contributed by atoms with Crippen molar-refractivity contribution in [3.8, 4) is 22.3 Å². The molecule has 0 saturated heterocycles. The van der Waals surface area contributed by atoms with Gasteiger partial charge in [-0.05, 0) is 81.6 Å². The zero-order valence-electron chi connectivity index (χ0n) is 15.9. The largest absolute Gasteiger partial charge is 0.345 e. The monoisotopic (exact) mass is 359 g/mol. The second kappa shape index (κ2) is 5.84. The van der Waals surface area contributed by atoms with E-state index < -0.39 is 0 Å². The van der Waals surface area contributed by atoms with Crippen LogP contribution in [0.25, 0.3) is 22.3 Å². The normalized spacial score (nSPS) is 12.9. The summed E-state index contributed by atoms with van der Waals surface area (Å²) in [6.07, 6.45) is 2.07. The number of hydrogen-bond acceptors (Lipinski definition) is 1. The molecule has 28 heavy (non-hydrogen) atoms. The van der Waals surface area contributed by atoms with Crippen LogP contribution in [0.5, 0.6) is 0 Å². The molecular weight excluding hydrogens is 338 g/mol. The van der Waals surface area contributed by atoms with Crippen molar-refractivity contribution in [2.75, 3.05) is 11.9 Å². The molecule has 1 heteroatoms. The Balaban J connectivity index is 1.35. The van der Waals surface area contributed by atoms with Crippen LogP contribution in [-0.2, 0) is 12.8 Å². The van der Waals surface area contributed by atoms with Crippen molar-refractivity contribution in [3.05, 3.63) is 107 Å². The molecule has 1 nitrogen and oxygen atoms in total. The minimum Gasteiger partial charge on any atom is -0.345 e. The lowest BCUT2D eigenvalue weighted by Crippen LogP contribution is -2.10. The van der Waals surface area contributed by atoms with Crippen molar-refractivity contribution in [1.29, 1.82) is 0 Å². The van der Waals surface area contributed by atoms with Crippen molar-refractivity contribution in [1.82, 2.24) is 0 Å². The molecule has 6 rings (SSSR count). The molecule has 0 unspecified atom stereocenters. The van der Waals surface area contributed by atoms with E-state index in [1.54, 1.807) is 0 Å². The molecule has 0 saturated carbocycles. The lowest BCUT2D eigenvalue weighted by Gasteiger charge is -2.21. The number of fused-ring (bicyclic) bond motifs is 6. The van der Waals surface area contributed by atoms with E-state index in [9.17, 15) is 0 Å². The molecule has 0 heterocycles. The number of benzene rings is 4. The number of rotatable bonds is 2. The van der Waals surface area contributed by atoms with Crippen molar-refractivity contribution in [2.45, 2.75) is 12.8 Å². The second-order valence-corrected chi connectivity index (χ2v) is 7.91. The quantitative estimate of drug-likeness (QED) is 0.337. The number of hydrogen-bond donors (Lipinski definition) is 0. The summed E-state index contributed by atoms with van der Waals surface area (Å²) in [6.45, 7) is 0. The Morgan fingerprint density at radius 2 is 0.929 bits per heavy atom. The SMILES string of the molecule is CN(c1ccc2c(c1)Cc1ccccc1-2)c1ccc2c(c1)Cc1ccccc1-2. The molecule has 0 spiro atoms. The van der Waals surface area contributed by atoms with Gasteiger partial charge in [-0.25, -0.2) is 0 Å². The van der Waals surface area contributed by atoms with Crippen LogP contribution in [0.1, 0.15) is 22.3 Å². The fourth-order valence-corrected chi connectivity index (χ4v) is 4.83. The maximum atomic E-state index is 2.36. The van der Waals surface area contributed by atoms with Crippen LogP contribution in [0.3, 0.4) is 0 Å². The molecule has 134 valence electrons. The van der Waals surface area contributed by atoms with Crippen molar-refractivity contribution < 1.29 is 0 Å². The van der Waals surface area contributed by atoms with Crippen LogP contribution in [0, 0.1) is 0 Å². The van der Waals surface area contributed by atoms with Crippen LogP contribution in [0.15, 0.2) is 84.9 Å². The Hall–Kier alpha value is -3.32. The first-order chi connectivity index (χ1) is 13.8. The maximum Gasteiger partial charge on any atom is 0.0411 e. The summed E-state index contributed by atoms with van der Waals surface area (Å²) in [5.41, 5.74) is 13.8. The van der Waals surface area contributed by atoms with Gasteiger partial charge < -0.3 is 4.90 Å². The molecule has 2 aliphatic carbocycles. The van der Waals surface area contributed by atoms with Gasteiger partial charge in [0.05, 0.1) is 0 Å². The molecule has 0 aliphatic heterocycles. The molecule has 0 atom stereocenters. The topological polar surface area (TPSA) is 3.24 Å². The van der Waals surface area contributed by atoms with Gasteiger partial charge in [0.25, 0.3) is 0 Å². The first kappa shape index (κ1) is 15.7. The summed E-state index contributed by atoms with van der Waals surface area (Å²) < 4.78 is 0. The first-order valence-electron chi connectivity index (χ1n) is 9.94. The van der Waals surface area contributed by atoms with Gasteiger partial charge >= 0.3 is 0 Å². The molecule has 0 fully saturated rings. The lowest BCUT2D eigenvalue weighted by atomic mass is 10.0. The Morgan fingerprint density at radius 3 is 1.43 bits per heavy atom. The zero-order valence-corrected chi connectivity index (χ0v) is 15.9. The van der Waals surface area contributed by atoms with E-state index in [2.05, 4.69) is 96.9 Å². The average Bonchev–Trinajstić information content (AvgIpc) is 3.30. The minimum absolute atomic E-state index is 1.03. The van der Waals surface area contributed by atoms with E-state index >= 15 is 0 Å². The van der Waals surface area contributed by atoms with Crippen molar-refractivity contribution in [2.24, 2.45) is 0 Å². The summed E-state index contributed by atoms with van der Waals surface area (Å²) in [6, 6.07) is 31.3. The Labute approximate surface area is 165 Å². The van der Waals surface area contributed by atoms with Crippen LogP contribution in [0.4, 0.5) is 11.4 Å².